The Balaban J connectivity index is 2.22. The van der Waals surface area contributed by atoms with Crippen molar-refractivity contribution in [3.8, 4) is 0 Å². The number of ketones is 1. The van der Waals surface area contributed by atoms with Crippen LogP contribution in [-0.4, -0.2) is 19.9 Å². The first-order valence-corrected chi connectivity index (χ1v) is 8.64. The molecule has 0 spiro atoms. The largest absolute Gasteiger partial charge is 0.358 e. The van der Waals surface area contributed by atoms with Crippen LogP contribution in [0, 0.1) is 0 Å². The quantitative estimate of drug-likeness (QED) is 0.626. The molecule has 0 amide bonds. The molecule has 1 aromatic rings. The van der Waals surface area contributed by atoms with Crippen molar-refractivity contribution in [2.45, 2.75) is 38.5 Å². The Labute approximate surface area is 136 Å². The minimum absolute atomic E-state index is 0.0412. The number of nitrogens with zero attached hydrogens (tertiary/aromatic N) is 1. The van der Waals surface area contributed by atoms with Crippen molar-refractivity contribution < 1.29 is 17.5 Å². The van der Waals surface area contributed by atoms with Crippen LogP contribution in [0.25, 0.3) is 0 Å². The van der Waals surface area contributed by atoms with E-state index in [-0.39, 0.29) is 10.7 Å². The molecule has 1 aliphatic carbocycles. The van der Waals surface area contributed by atoms with E-state index in [4.69, 9.17) is 4.28 Å². The van der Waals surface area contributed by atoms with Gasteiger partial charge < -0.3 is 0 Å². The molecule has 5 nitrogen and oxygen atoms in total. The highest BCUT2D eigenvalue weighted by Crippen LogP contribution is 2.19. The molecule has 0 bridgehead atoms. The molecule has 0 radical (unpaired) electrons. The topological polar surface area (TPSA) is 72.8 Å². The lowest BCUT2D eigenvalue weighted by atomic mass is 9.98. The minimum Gasteiger partial charge on any atom is -0.289 e. The number of carbonyl (C=O) groups is 1. The van der Waals surface area contributed by atoms with Gasteiger partial charge >= 0.3 is 10.1 Å². The molecule has 1 aliphatic rings. The summed E-state index contributed by atoms with van der Waals surface area (Å²) in [6, 6.07) is 6.50. The van der Waals surface area contributed by atoms with Crippen LogP contribution < -0.4 is 0 Å². The fourth-order valence-electron chi connectivity index (χ4n) is 2.13. The molecule has 23 heavy (non-hydrogen) atoms. The van der Waals surface area contributed by atoms with Gasteiger partial charge in [0.1, 0.15) is 10.6 Å². The maximum absolute atomic E-state index is 12.1. The van der Waals surface area contributed by atoms with Gasteiger partial charge in [0, 0.05) is 0 Å². The van der Waals surface area contributed by atoms with Crippen LogP contribution in [0.1, 0.15) is 39.2 Å². The monoisotopic (exact) mass is 333 g/mol. The normalized spacial score (nSPS) is 15.3. The summed E-state index contributed by atoms with van der Waals surface area (Å²) in [5, 5.41) is 3.65. The first kappa shape index (κ1) is 17.1. The number of Topliss-reactive ketones (excluding diaryl/α,β-unsaturated/α-hetero) is 1. The van der Waals surface area contributed by atoms with Gasteiger partial charge in [0.25, 0.3) is 0 Å². The molecule has 0 atom stereocenters. The Bertz CT molecular complexity index is 789. The average molecular weight is 333 g/mol. The Hall–Kier alpha value is -2.21. The van der Waals surface area contributed by atoms with Crippen molar-refractivity contribution in [1.29, 1.82) is 0 Å². The molecule has 0 heterocycles. The van der Waals surface area contributed by atoms with Crippen LogP contribution in [-0.2, 0) is 19.2 Å². The molecular formula is C17H19NO4S. The second-order valence-electron chi connectivity index (χ2n) is 5.75. The summed E-state index contributed by atoms with van der Waals surface area (Å²) in [6.07, 6.45) is 2.99. The van der Waals surface area contributed by atoms with Crippen LogP contribution in [0.4, 0.5) is 0 Å². The van der Waals surface area contributed by atoms with Crippen LogP contribution in [0.2, 0.25) is 0 Å². The third-order valence-electron chi connectivity index (χ3n) is 3.52. The predicted octanol–water partition coefficient (Wildman–Crippen LogP) is 3.35. The second kappa shape index (κ2) is 6.50. The Morgan fingerprint density at radius 3 is 2.00 bits per heavy atom. The van der Waals surface area contributed by atoms with Crippen molar-refractivity contribution in [3.05, 3.63) is 53.1 Å². The van der Waals surface area contributed by atoms with Crippen molar-refractivity contribution in [1.82, 2.24) is 0 Å². The summed E-state index contributed by atoms with van der Waals surface area (Å²) in [5.74, 6) is 0.227. The zero-order chi connectivity index (χ0) is 17.2. The number of rotatable bonds is 4. The fraction of sp³-hybridized carbons (Fsp3) is 0.294. The molecule has 1 aromatic carbocycles. The number of oxime groups is 1. The van der Waals surface area contributed by atoms with Gasteiger partial charge in [0.05, 0.1) is 0 Å². The lowest BCUT2D eigenvalue weighted by Crippen LogP contribution is -2.12. The van der Waals surface area contributed by atoms with Gasteiger partial charge in [0.15, 0.2) is 5.78 Å². The lowest BCUT2D eigenvalue weighted by Gasteiger charge is -2.09. The van der Waals surface area contributed by atoms with E-state index in [1.165, 1.54) is 24.3 Å². The zero-order valence-corrected chi connectivity index (χ0v) is 14.3. The van der Waals surface area contributed by atoms with Crippen LogP contribution in [0.5, 0.6) is 0 Å². The summed E-state index contributed by atoms with van der Waals surface area (Å²) in [4.78, 5) is 11.7. The summed E-state index contributed by atoms with van der Waals surface area (Å²) in [5.41, 5.74) is 2.32. The Kier molecular flexibility index (Phi) is 4.85. The molecule has 2 rings (SSSR count). The fourth-order valence-corrected chi connectivity index (χ4v) is 2.87. The summed E-state index contributed by atoms with van der Waals surface area (Å²) >= 11 is 0. The number of benzene rings is 1. The Morgan fingerprint density at radius 2 is 1.52 bits per heavy atom. The number of allylic oxidation sites excluding steroid dienone is 4. The maximum atomic E-state index is 12.1. The van der Waals surface area contributed by atoms with E-state index in [0.29, 0.717) is 22.8 Å². The van der Waals surface area contributed by atoms with Gasteiger partial charge in [0.2, 0.25) is 0 Å². The number of carbonyl (C=O) groups excluding carboxylic acids is 1. The molecule has 0 aromatic heterocycles. The molecule has 0 fully saturated rings. The van der Waals surface area contributed by atoms with E-state index in [1.807, 2.05) is 13.8 Å². The molecule has 0 saturated heterocycles. The van der Waals surface area contributed by atoms with Crippen LogP contribution in [0.15, 0.2) is 57.6 Å². The van der Waals surface area contributed by atoms with E-state index >= 15 is 0 Å². The van der Waals surface area contributed by atoms with E-state index in [9.17, 15) is 13.2 Å². The number of hydrogen-bond acceptors (Lipinski definition) is 5. The van der Waals surface area contributed by atoms with Gasteiger partial charge in [-0.3, -0.25) is 9.08 Å². The zero-order valence-electron chi connectivity index (χ0n) is 13.5. The summed E-state index contributed by atoms with van der Waals surface area (Å²) < 4.78 is 29.0. The molecule has 0 unspecified atom stereocenters. The number of hydrogen-bond donors (Lipinski definition) is 0. The predicted molar refractivity (Wildman–Crippen MR) is 88.8 cm³/mol. The highest BCUT2D eigenvalue weighted by molar-refractivity contribution is 7.86. The SMILES string of the molecule is CC1=CC(=NOS(=O)(=O)c2ccc(C(C)C)cc2)C=C(C)C1=O. The molecule has 0 aliphatic heterocycles. The molecule has 122 valence electrons. The van der Waals surface area contributed by atoms with E-state index in [1.54, 1.807) is 26.0 Å². The third-order valence-corrected chi connectivity index (χ3v) is 4.64. The Morgan fingerprint density at radius 1 is 1.00 bits per heavy atom. The van der Waals surface area contributed by atoms with E-state index in [0.717, 1.165) is 5.56 Å². The van der Waals surface area contributed by atoms with Gasteiger partial charge in [-0.2, -0.15) is 8.42 Å². The lowest BCUT2D eigenvalue weighted by molar-refractivity contribution is -0.112. The van der Waals surface area contributed by atoms with Crippen molar-refractivity contribution in [3.63, 3.8) is 0 Å². The average Bonchev–Trinajstić information content (AvgIpc) is 2.50. The van der Waals surface area contributed by atoms with Crippen molar-refractivity contribution >= 4 is 21.6 Å². The van der Waals surface area contributed by atoms with Gasteiger partial charge in [-0.25, -0.2) is 0 Å². The van der Waals surface area contributed by atoms with Gasteiger partial charge in [-0.05, 0) is 60.8 Å². The van der Waals surface area contributed by atoms with Gasteiger partial charge in [-0.1, -0.05) is 31.1 Å². The minimum atomic E-state index is -3.98. The third kappa shape index (κ3) is 3.96. The molecular weight excluding hydrogens is 314 g/mol. The standard InChI is InChI=1S/C17H19NO4S/c1-11(2)14-5-7-16(8-6-14)23(20,21)22-18-15-9-12(3)17(19)13(4)10-15/h5-11H,1-4H3. The first-order chi connectivity index (χ1) is 10.7. The summed E-state index contributed by atoms with van der Waals surface area (Å²) in [7, 11) is -3.98. The summed E-state index contributed by atoms with van der Waals surface area (Å²) in [6.45, 7) is 7.35. The highest BCUT2D eigenvalue weighted by Gasteiger charge is 2.18. The molecule has 0 saturated carbocycles. The van der Waals surface area contributed by atoms with E-state index in [2.05, 4.69) is 5.16 Å². The van der Waals surface area contributed by atoms with E-state index < -0.39 is 10.1 Å². The van der Waals surface area contributed by atoms with Crippen molar-refractivity contribution in [2.75, 3.05) is 0 Å². The second-order valence-corrected chi connectivity index (χ2v) is 7.28. The first-order valence-electron chi connectivity index (χ1n) is 7.23. The highest BCUT2D eigenvalue weighted by atomic mass is 32.2. The smallest absolute Gasteiger partial charge is 0.289 e. The van der Waals surface area contributed by atoms with Gasteiger partial charge in [-0.15, -0.1) is 0 Å². The van der Waals surface area contributed by atoms with Crippen LogP contribution >= 0.6 is 0 Å². The molecule has 6 heteroatoms. The molecule has 0 N–H and O–H groups in total. The van der Waals surface area contributed by atoms with Crippen molar-refractivity contribution in [2.24, 2.45) is 5.16 Å². The maximum Gasteiger partial charge on any atom is 0.358 e. The van der Waals surface area contributed by atoms with Crippen LogP contribution in [0.3, 0.4) is 0 Å².